The molecule has 0 bridgehead atoms. The molecule has 3 rings (SSSR count). The van der Waals surface area contributed by atoms with E-state index in [1.807, 2.05) is 0 Å². The number of rotatable bonds is 12. The highest BCUT2D eigenvalue weighted by molar-refractivity contribution is 5.37. The Hall–Kier alpha value is -1.92. The first kappa shape index (κ1) is 25.7. The number of hydrogen-bond donors (Lipinski definition) is 1. The minimum atomic E-state index is 0.796. The zero-order valence-corrected chi connectivity index (χ0v) is 21.3. The summed E-state index contributed by atoms with van der Waals surface area (Å²) in [6.07, 6.45) is 2.31. The number of piperazine rings is 1. The standard InChI is InChI=1S/C28H44N4O/c1-23-19-24(2)28(25(3)20-23)22-32(21-26-7-9-27(33-4)10-8-26)14-6-13-31-17-15-30(16-18-31)12-5-11-29/h7-10,19-20H,5-6,11-18,21-22,29H2,1-4H3. The largest absolute Gasteiger partial charge is 0.497 e. The number of aryl methyl sites for hydroxylation is 3. The molecule has 0 spiro atoms. The van der Waals surface area contributed by atoms with Crippen LogP contribution in [0.5, 0.6) is 5.75 Å². The molecular weight excluding hydrogens is 408 g/mol. The third-order valence-corrected chi connectivity index (χ3v) is 6.88. The number of nitrogens with zero attached hydrogens (tertiary/aromatic N) is 3. The van der Waals surface area contributed by atoms with Crippen molar-refractivity contribution in [1.29, 1.82) is 0 Å². The first-order valence-electron chi connectivity index (χ1n) is 12.5. The molecule has 0 saturated carbocycles. The summed E-state index contributed by atoms with van der Waals surface area (Å²) >= 11 is 0. The van der Waals surface area contributed by atoms with Gasteiger partial charge in [0.25, 0.3) is 0 Å². The molecule has 182 valence electrons. The Kier molecular flexibility index (Phi) is 10.2. The number of nitrogens with two attached hydrogens (primary N) is 1. The van der Waals surface area contributed by atoms with Crippen LogP contribution in [0.15, 0.2) is 36.4 Å². The molecule has 1 aliphatic rings. The molecule has 1 heterocycles. The molecule has 2 aromatic rings. The van der Waals surface area contributed by atoms with Gasteiger partial charge in [-0.3, -0.25) is 4.90 Å². The van der Waals surface area contributed by atoms with Crippen molar-refractivity contribution >= 4 is 0 Å². The van der Waals surface area contributed by atoms with Gasteiger partial charge in [0.2, 0.25) is 0 Å². The maximum Gasteiger partial charge on any atom is 0.118 e. The van der Waals surface area contributed by atoms with Gasteiger partial charge < -0.3 is 20.3 Å². The van der Waals surface area contributed by atoms with E-state index in [1.54, 1.807) is 7.11 Å². The summed E-state index contributed by atoms with van der Waals surface area (Å²) in [5, 5.41) is 0. The summed E-state index contributed by atoms with van der Waals surface area (Å²) in [6, 6.07) is 13.2. The van der Waals surface area contributed by atoms with Crippen LogP contribution in [0.4, 0.5) is 0 Å². The van der Waals surface area contributed by atoms with Crippen LogP contribution in [0.1, 0.15) is 40.7 Å². The van der Waals surface area contributed by atoms with E-state index in [1.165, 1.54) is 67.0 Å². The van der Waals surface area contributed by atoms with Gasteiger partial charge in [-0.15, -0.1) is 0 Å². The van der Waals surface area contributed by atoms with E-state index < -0.39 is 0 Å². The molecule has 5 heteroatoms. The van der Waals surface area contributed by atoms with Crippen LogP contribution in [0, 0.1) is 20.8 Å². The van der Waals surface area contributed by atoms with Gasteiger partial charge in [0.15, 0.2) is 0 Å². The minimum absolute atomic E-state index is 0.796. The zero-order chi connectivity index (χ0) is 23.6. The van der Waals surface area contributed by atoms with Crippen molar-refractivity contribution in [3.8, 4) is 5.75 Å². The van der Waals surface area contributed by atoms with E-state index in [0.29, 0.717) is 0 Å². The minimum Gasteiger partial charge on any atom is -0.497 e. The lowest BCUT2D eigenvalue weighted by Crippen LogP contribution is -2.47. The summed E-state index contributed by atoms with van der Waals surface area (Å²) in [5.41, 5.74) is 12.6. The molecule has 0 aromatic heterocycles. The van der Waals surface area contributed by atoms with Crippen LogP contribution in [-0.4, -0.2) is 74.2 Å². The highest BCUT2D eigenvalue weighted by Crippen LogP contribution is 2.21. The van der Waals surface area contributed by atoms with E-state index in [9.17, 15) is 0 Å². The van der Waals surface area contributed by atoms with Crippen LogP contribution >= 0.6 is 0 Å². The van der Waals surface area contributed by atoms with Crippen molar-refractivity contribution in [3.63, 3.8) is 0 Å². The van der Waals surface area contributed by atoms with Crippen molar-refractivity contribution in [2.45, 2.75) is 46.7 Å². The molecule has 1 aliphatic heterocycles. The van der Waals surface area contributed by atoms with Crippen molar-refractivity contribution in [2.24, 2.45) is 5.73 Å². The molecule has 0 amide bonds. The molecule has 5 nitrogen and oxygen atoms in total. The lowest BCUT2D eigenvalue weighted by atomic mass is 9.99. The lowest BCUT2D eigenvalue weighted by molar-refractivity contribution is 0.125. The molecule has 0 atom stereocenters. The van der Waals surface area contributed by atoms with Gasteiger partial charge >= 0.3 is 0 Å². The Morgan fingerprint density at radius 3 is 1.97 bits per heavy atom. The fourth-order valence-corrected chi connectivity index (χ4v) is 4.96. The van der Waals surface area contributed by atoms with Gasteiger partial charge in [-0.1, -0.05) is 29.8 Å². The van der Waals surface area contributed by atoms with Crippen LogP contribution in [0.2, 0.25) is 0 Å². The Labute approximate surface area is 201 Å². The van der Waals surface area contributed by atoms with E-state index in [-0.39, 0.29) is 0 Å². The number of methoxy groups -OCH3 is 1. The van der Waals surface area contributed by atoms with Crippen LogP contribution in [0.3, 0.4) is 0 Å². The molecule has 0 aliphatic carbocycles. The first-order valence-corrected chi connectivity index (χ1v) is 12.5. The lowest BCUT2D eigenvalue weighted by Gasteiger charge is -2.35. The predicted molar refractivity (Wildman–Crippen MR) is 139 cm³/mol. The summed E-state index contributed by atoms with van der Waals surface area (Å²) in [6.45, 7) is 17.6. The smallest absolute Gasteiger partial charge is 0.118 e. The van der Waals surface area contributed by atoms with Crippen LogP contribution < -0.4 is 10.5 Å². The monoisotopic (exact) mass is 452 g/mol. The Balaban J connectivity index is 1.58. The maximum absolute atomic E-state index is 5.67. The van der Waals surface area contributed by atoms with Gasteiger partial charge in [0.1, 0.15) is 5.75 Å². The average molecular weight is 453 g/mol. The number of hydrogen-bond acceptors (Lipinski definition) is 5. The topological polar surface area (TPSA) is 45.0 Å². The molecular formula is C28H44N4O. The molecule has 2 aromatic carbocycles. The third-order valence-electron chi connectivity index (χ3n) is 6.88. The fourth-order valence-electron chi connectivity index (χ4n) is 4.96. The quantitative estimate of drug-likeness (QED) is 0.528. The van der Waals surface area contributed by atoms with Crippen molar-refractivity contribution in [1.82, 2.24) is 14.7 Å². The molecule has 2 N–H and O–H groups in total. The molecule has 1 saturated heterocycles. The highest BCUT2D eigenvalue weighted by atomic mass is 16.5. The van der Waals surface area contributed by atoms with Crippen LogP contribution in [0.25, 0.3) is 0 Å². The zero-order valence-electron chi connectivity index (χ0n) is 21.3. The fraction of sp³-hybridized carbons (Fsp3) is 0.571. The van der Waals surface area contributed by atoms with E-state index in [4.69, 9.17) is 10.5 Å². The van der Waals surface area contributed by atoms with Gasteiger partial charge in [-0.25, -0.2) is 0 Å². The van der Waals surface area contributed by atoms with E-state index in [0.717, 1.165) is 44.9 Å². The van der Waals surface area contributed by atoms with Gasteiger partial charge in [0.05, 0.1) is 7.11 Å². The first-order chi connectivity index (χ1) is 16.0. The van der Waals surface area contributed by atoms with Crippen molar-refractivity contribution in [3.05, 3.63) is 64.2 Å². The summed E-state index contributed by atoms with van der Waals surface area (Å²) in [5.74, 6) is 0.918. The molecule has 0 radical (unpaired) electrons. The maximum atomic E-state index is 5.67. The molecule has 33 heavy (non-hydrogen) atoms. The second-order valence-electron chi connectivity index (χ2n) is 9.62. The normalized spacial score (nSPS) is 15.3. The summed E-state index contributed by atoms with van der Waals surface area (Å²) < 4.78 is 5.34. The van der Waals surface area contributed by atoms with Gasteiger partial charge in [0, 0.05) is 45.8 Å². The third kappa shape index (κ3) is 8.11. The summed E-state index contributed by atoms with van der Waals surface area (Å²) in [7, 11) is 1.72. The Bertz CT molecular complexity index is 820. The SMILES string of the molecule is COc1ccc(CN(CCCN2CCN(CCCN)CC2)Cc2c(C)cc(C)cc2C)cc1. The second-order valence-corrected chi connectivity index (χ2v) is 9.62. The molecule has 0 unspecified atom stereocenters. The number of ether oxygens (including phenoxy) is 1. The highest BCUT2D eigenvalue weighted by Gasteiger charge is 2.17. The van der Waals surface area contributed by atoms with E-state index in [2.05, 4.69) is 71.9 Å². The second kappa shape index (κ2) is 13.1. The average Bonchev–Trinajstić information content (AvgIpc) is 2.81. The Morgan fingerprint density at radius 2 is 1.42 bits per heavy atom. The van der Waals surface area contributed by atoms with Crippen LogP contribution in [-0.2, 0) is 13.1 Å². The van der Waals surface area contributed by atoms with Gasteiger partial charge in [-0.05, 0) is 87.6 Å². The predicted octanol–water partition coefficient (Wildman–Crippen LogP) is 3.98. The number of benzene rings is 2. The van der Waals surface area contributed by atoms with Gasteiger partial charge in [-0.2, -0.15) is 0 Å². The van der Waals surface area contributed by atoms with E-state index >= 15 is 0 Å². The Morgan fingerprint density at radius 1 is 0.848 bits per heavy atom. The van der Waals surface area contributed by atoms with Crippen molar-refractivity contribution < 1.29 is 4.74 Å². The van der Waals surface area contributed by atoms with Crippen molar-refractivity contribution in [2.75, 3.05) is 59.5 Å². The molecule has 1 fully saturated rings. The summed E-state index contributed by atoms with van der Waals surface area (Å²) in [4.78, 5) is 7.80.